The first-order chi connectivity index (χ1) is 9.98. The Kier molecular flexibility index (Phi) is 4.73. The number of carbonyl (C=O) groups excluding carboxylic acids is 1. The van der Waals surface area contributed by atoms with Crippen LogP contribution in [0.3, 0.4) is 0 Å². The van der Waals surface area contributed by atoms with Gasteiger partial charge in [-0.3, -0.25) is 5.32 Å². The molecule has 1 N–H and O–H groups in total. The molecule has 0 spiro atoms. The molecule has 5 nitrogen and oxygen atoms in total. The highest BCUT2D eigenvalue weighted by molar-refractivity contribution is 5.80. The minimum atomic E-state index is -0.855. The molecule has 0 radical (unpaired) electrons. The summed E-state index contributed by atoms with van der Waals surface area (Å²) >= 11 is 0. The number of benzene rings is 1. The van der Waals surface area contributed by atoms with Crippen LogP contribution in [-0.4, -0.2) is 38.4 Å². The zero-order valence-corrected chi connectivity index (χ0v) is 13.1. The van der Waals surface area contributed by atoms with Gasteiger partial charge >= 0.3 is 5.97 Å². The van der Waals surface area contributed by atoms with Crippen molar-refractivity contribution in [1.29, 1.82) is 0 Å². The molecular formula is C16H23NO4. The van der Waals surface area contributed by atoms with Gasteiger partial charge < -0.3 is 14.2 Å². The maximum absolute atomic E-state index is 12.0. The molecule has 2 rings (SSSR count). The Balaban J connectivity index is 2.09. The maximum Gasteiger partial charge on any atom is 0.329 e. The molecule has 21 heavy (non-hydrogen) atoms. The van der Waals surface area contributed by atoms with E-state index in [-0.39, 0.29) is 12.6 Å². The van der Waals surface area contributed by atoms with Crippen LogP contribution in [0.4, 0.5) is 0 Å². The van der Waals surface area contributed by atoms with E-state index < -0.39 is 5.54 Å². The van der Waals surface area contributed by atoms with Crippen molar-refractivity contribution < 1.29 is 19.0 Å². The van der Waals surface area contributed by atoms with E-state index >= 15 is 0 Å². The van der Waals surface area contributed by atoms with E-state index in [2.05, 4.69) is 5.32 Å². The zero-order chi connectivity index (χ0) is 15.5. The van der Waals surface area contributed by atoms with Crippen LogP contribution in [0, 0.1) is 6.92 Å². The van der Waals surface area contributed by atoms with Gasteiger partial charge in [-0.25, -0.2) is 4.79 Å². The molecule has 1 unspecified atom stereocenters. The number of esters is 1. The highest BCUT2D eigenvalue weighted by Gasteiger charge is 2.40. The number of hydrogen-bond donors (Lipinski definition) is 1. The molecule has 1 aromatic rings. The van der Waals surface area contributed by atoms with Crippen molar-refractivity contribution in [2.75, 3.05) is 20.8 Å². The molecule has 0 heterocycles. The van der Waals surface area contributed by atoms with E-state index in [1.54, 1.807) is 14.0 Å². The molecule has 1 saturated carbocycles. The Morgan fingerprint density at radius 2 is 2.05 bits per heavy atom. The average Bonchev–Trinajstić information content (AvgIpc) is 3.28. The van der Waals surface area contributed by atoms with Crippen molar-refractivity contribution in [2.45, 2.75) is 38.3 Å². The summed E-state index contributed by atoms with van der Waals surface area (Å²) in [5, 5.41) is 3.30. The molecule has 0 bridgehead atoms. The highest BCUT2D eigenvalue weighted by atomic mass is 16.5. The molecule has 1 fully saturated rings. The van der Waals surface area contributed by atoms with Gasteiger partial charge in [0.2, 0.25) is 0 Å². The highest BCUT2D eigenvalue weighted by Crippen LogP contribution is 2.29. The van der Waals surface area contributed by atoms with Crippen LogP contribution in [0.5, 0.6) is 11.5 Å². The van der Waals surface area contributed by atoms with Crippen molar-refractivity contribution in [2.24, 2.45) is 0 Å². The summed E-state index contributed by atoms with van der Waals surface area (Å²) in [7, 11) is 2.99. The van der Waals surface area contributed by atoms with Crippen LogP contribution < -0.4 is 14.8 Å². The smallest absolute Gasteiger partial charge is 0.329 e. The van der Waals surface area contributed by atoms with Gasteiger partial charge in [-0.2, -0.15) is 0 Å². The van der Waals surface area contributed by atoms with Gasteiger partial charge in [0.15, 0.2) is 11.5 Å². The van der Waals surface area contributed by atoms with Gasteiger partial charge in [-0.15, -0.1) is 0 Å². The van der Waals surface area contributed by atoms with Gasteiger partial charge in [0.1, 0.15) is 12.1 Å². The Labute approximate surface area is 125 Å². The second-order valence-corrected chi connectivity index (χ2v) is 5.69. The molecule has 0 amide bonds. The third kappa shape index (κ3) is 3.88. The number of rotatable bonds is 7. The molecule has 116 valence electrons. The van der Waals surface area contributed by atoms with Gasteiger partial charge in [-0.05, 0) is 44.4 Å². The van der Waals surface area contributed by atoms with E-state index in [9.17, 15) is 4.79 Å². The average molecular weight is 293 g/mol. The zero-order valence-electron chi connectivity index (χ0n) is 13.1. The Bertz CT molecular complexity index is 513. The summed E-state index contributed by atoms with van der Waals surface area (Å²) < 4.78 is 16.0. The monoisotopic (exact) mass is 293 g/mol. The minimum Gasteiger partial charge on any atom is -0.493 e. The molecule has 5 heteroatoms. The molecule has 0 aromatic heterocycles. The summed E-state index contributed by atoms with van der Waals surface area (Å²) in [4.78, 5) is 12.0. The largest absolute Gasteiger partial charge is 0.493 e. The van der Waals surface area contributed by atoms with E-state index in [0.717, 1.165) is 18.4 Å². The summed E-state index contributed by atoms with van der Waals surface area (Å²) in [6.07, 6.45) is 2.17. The molecule has 1 atom stereocenters. The van der Waals surface area contributed by atoms with Gasteiger partial charge in [0, 0.05) is 6.04 Å². The summed E-state index contributed by atoms with van der Waals surface area (Å²) in [6, 6.07) is 6.07. The van der Waals surface area contributed by atoms with Crippen LogP contribution >= 0.6 is 0 Å². The van der Waals surface area contributed by atoms with Gasteiger partial charge in [-0.1, -0.05) is 6.07 Å². The lowest BCUT2D eigenvalue weighted by Crippen LogP contribution is -2.55. The molecule has 0 aliphatic heterocycles. The first kappa shape index (κ1) is 15.6. The normalized spacial score (nSPS) is 17.0. The maximum atomic E-state index is 12.0. The minimum absolute atomic E-state index is 0.190. The molecule has 0 saturated heterocycles. The van der Waals surface area contributed by atoms with E-state index in [1.165, 1.54) is 7.11 Å². The van der Waals surface area contributed by atoms with Crippen molar-refractivity contribution in [3.63, 3.8) is 0 Å². The Morgan fingerprint density at radius 1 is 1.33 bits per heavy atom. The Morgan fingerprint density at radius 3 is 2.62 bits per heavy atom. The molecular weight excluding hydrogens is 270 g/mol. The number of ether oxygens (including phenoxy) is 3. The standard InChI is InChI=1S/C16H23NO4/c1-11-5-8-13(14(9-11)19-3)21-10-16(2,15(18)20-4)17-12-6-7-12/h5,8-9,12,17H,6-7,10H2,1-4H3. The topological polar surface area (TPSA) is 56.8 Å². The first-order valence-electron chi connectivity index (χ1n) is 7.12. The van der Waals surface area contributed by atoms with Crippen LogP contribution in [0.2, 0.25) is 0 Å². The van der Waals surface area contributed by atoms with Crippen LogP contribution in [0.25, 0.3) is 0 Å². The van der Waals surface area contributed by atoms with Crippen molar-refractivity contribution in [3.8, 4) is 11.5 Å². The Hall–Kier alpha value is -1.75. The fourth-order valence-electron chi connectivity index (χ4n) is 2.18. The lowest BCUT2D eigenvalue weighted by atomic mass is 10.0. The van der Waals surface area contributed by atoms with Crippen molar-refractivity contribution in [3.05, 3.63) is 23.8 Å². The van der Waals surface area contributed by atoms with Crippen LogP contribution in [-0.2, 0) is 9.53 Å². The van der Waals surface area contributed by atoms with Crippen molar-refractivity contribution in [1.82, 2.24) is 5.32 Å². The predicted octanol–water partition coefficient (Wildman–Crippen LogP) is 2.07. The summed E-state index contributed by atoms with van der Waals surface area (Å²) in [5.41, 5.74) is 0.234. The number of nitrogens with one attached hydrogen (secondary N) is 1. The molecule has 1 aromatic carbocycles. The quantitative estimate of drug-likeness (QED) is 0.780. The van der Waals surface area contributed by atoms with Crippen molar-refractivity contribution >= 4 is 5.97 Å². The fraction of sp³-hybridized carbons (Fsp3) is 0.562. The molecule has 1 aliphatic carbocycles. The number of hydrogen-bond acceptors (Lipinski definition) is 5. The molecule has 1 aliphatic rings. The van der Waals surface area contributed by atoms with Gasteiger partial charge in [0.05, 0.1) is 14.2 Å². The second kappa shape index (κ2) is 6.35. The van der Waals surface area contributed by atoms with Crippen LogP contribution in [0.15, 0.2) is 18.2 Å². The van der Waals surface area contributed by atoms with E-state index in [1.807, 2.05) is 25.1 Å². The number of methoxy groups -OCH3 is 2. The number of aryl methyl sites for hydroxylation is 1. The lowest BCUT2D eigenvalue weighted by Gasteiger charge is -2.28. The summed E-state index contributed by atoms with van der Waals surface area (Å²) in [6.45, 7) is 3.98. The second-order valence-electron chi connectivity index (χ2n) is 5.69. The number of carbonyl (C=O) groups is 1. The van der Waals surface area contributed by atoms with E-state index in [0.29, 0.717) is 17.5 Å². The fourth-order valence-corrected chi connectivity index (χ4v) is 2.18. The third-order valence-corrected chi connectivity index (χ3v) is 3.57. The SMILES string of the molecule is COC(=O)C(C)(COc1ccc(C)cc1OC)NC1CC1. The predicted molar refractivity (Wildman–Crippen MR) is 79.8 cm³/mol. The van der Waals surface area contributed by atoms with Gasteiger partial charge in [0.25, 0.3) is 0 Å². The third-order valence-electron chi connectivity index (χ3n) is 3.57. The van der Waals surface area contributed by atoms with E-state index in [4.69, 9.17) is 14.2 Å². The first-order valence-corrected chi connectivity index (χ1v) is 7.12. The summed E-state index contributed by atoms with van der Waals surface area (Å²) in [5.74, 6) is 0.963. The van der Waals surface area contributed by atoms with Crippen LogP contribution in [0.1, 0.15) is 25.3 Å². The lowest BCUT2D eigenvalue weighted by molar-refractivity contribution is -0.149.